The third-order valence-corrected chi connectivity index (χ3v) is 4.26. The number of amides is 1. The van der Waals surface area contributed by atoms with E-state index in [-0.39, 0.29) is 11.9 Å². The van der Waals surface area contributed by atoms with Crippen LogP contribution in [0.15, 0.2) is 36.5 Å². The number of benzene rings is 1. The Morgan fingerprint density at radius 2 is 2.19 bits per heavy atom. The van der Waals surface area contributed by atoms with Crippen LogP contribution in [0.3, 0.4) is 0 Å². The lowest BCUT2D eigenvalue weighted by Crippen LogP contribution is -2.44. The molecule has 1 unspecified atom stereocenters. The molecular formula is C17H21N3O. The zero-order valence-electron chi connectivity index (χ0n) is 12.2. The highest BCUT2D eigenvalue weighted by atomic mass is 16.2. The van der Waals surface area contributed by atoms with E-state index in [4.69, 9.17) is 5.73 Å². The summed E-state index contributed by atoms with van der Waals surface area (Å²) in [5.41, 5.74) is 7.33. The number of hydrogen-bond acceptors (Lipinski definition) is 3. The Labute approximate surface area is 125 Å². The topological polar surface area (TPSA) is 59.2 Å². The van der Waals surface area contributed by atoms with Crippen molar-refractivity contribution in [1.82, 2.24) is 9.88 Å². The van der Waals surface area contributed by atoms with Crippen molar-refractivity contribution < 1.29 is 4.79 Å². The van der Waals surface area contributed by atoms with Crippen molar-refractivity contribution in [3.63, 3.8) is 0 Å². The Hall–Kier alpha value is -1.94. The van der Waals surface area contributed by atoms with Crippen LogP contribution in [0.1, 0.15) is 36.0 Å². The quantitative estimate of drug-likeness (QED) is 0.942. The van der Waals surface area contributed by atoms with Gasteiger partial charge in [0.05, 0.1) is 5.52 Å². The van der Waals surface area contributed by atoms with Gasteiger partial charge in [0.2, 0.25) is 0 Å². The minimum Gasteiger partial charge on any atom is -0.336 e. The Bertz CT molecular complexity index is 633. The van der Waals surface area contributed by atoms with Crippen LogP contribution in [0.4, 0.5) is 0 Å². The fraction of sp³-hybridized carbons (Fsp3) is 0.412. The van der Waals surface area contributed by atoms with E-state index in [9.17, 15) is 4.79 Å². The minimum atomic E-state index is 0.117. The average molecular weight is 283 g/mol. The predicted molar refractivity (Wildman–Crippen MR) is 84.1 cm³/mol. The lowest BCUT2D eigenvalue weighted by atomic mass is 9.97. The smallest absolute Gasteiger partial charge is 0.254 e. The number of fused-ring (bicyclic) bond motifs is 1. The first-order valence-corrected chi connectivity index (χ1v) is 7.66. The summed E-state index contributed by atoms with van der Waals surface area (Å²) in [5, 5.41) is 0.932. The Kier molecular flexibility index (Phi) is 4.15. The summed E-state index contributed by atoms with van der Waals surface area (Å²) in [7, 11) is 0. The Morgan fingerprint density at radius 3 is 3.05 bits per heavy atom. The number of hydrogen-bond donors (Lipinski definition) is 1. The van der Waals surface area contributed by atoms with E-state index in [1.807, 2.05) is 35.2 Å². The highest BCUT2D eigenvalue weighted by molar-refractivity contribution is 6.06. The largest absolute Gasteiger partial charge is 0.336 e. The maximum atomic E-state index is 13.0. The minimum absolute atomic E-state index is 0.117. The molecule has 2 N–H and O–H groups in total. The highest BCUT2D eigenvalue weighted by Crippen LogP contribution is 2.24. The molecule has 1 aliphatic heterocycles. The number of nitrogens with two attached hydrogens (primary N) is 1. The lowest BCUT2D eigenvalue weighted by molar-refractivity contribution is 0.0607. The van der Waals surface area contributed by atoms with Gasteiger partial charge < -0.3 is 10.6 Å². The third kappa shape index (κ3) is 2.76. The van der Waals surface area contributed by atoms with Gasteiger partial charge in [0, 0.05) is 29.7 Å². The van der Waals surface area contributed by atoms with Crippen LogP contribution in [0, 0.1) is 0 Å². The number of nitrogens with zero attached hydrogens (tertiary/aromatic N) is 2. The maximum absolute atomic E-state index is 13.0. The van der Waals surface area contributed by atoms with Gasteiger partial charge in [0.15, 0.2) is 0 Å². The molecule has 0 bridgehead atoms. The molecule has 4 nitrogen and oxygen atoms in total. The van der Waals surface area contributed by atoms with Crippen LogP contribution in [-0.4, -0.2) is 34.9 Å². The van der Waals surface area contributed by atoms with E-state index in [2.05, 4.69) is 4.98 Å². The first-order valence-electron chi connectivity index (χ1n) is 7.66. The summed E-state index contributed by atoms with van der Waals surface area (Å²) >= 11 is 0. The number of pyridine rings is 1. The van der Waals surface area contributed by atoms with Crippen molar-refractivity contribution in [1.29, 1.82) is 0 Å². The first kappa shape index (κ1) is 14.0. The standard InChI is InChI=1S/C17H21N3O/c18-10-9-13-5-1-2-12-20(13)17(21)15-6-3-8-16-14(15)7-4-11-19-16/h3-4,6-8,11,13H,1-2,5,9-10,12,18H2. The number of rotatable bonds is 3. The van der Waals surface area contributed by atoms with Crippen molar-refractivity contribution in [2.75, 3.05) is 13.1 Å². The predicted octanol–water partition coefficient (Wildman–Crippen LogP) is 2.58. The maximum Gasteiger partial charge on any atom is 0.254 e. The van der Waals surface area contributed by atoms with Crippen LogP contribution < -0.4 is 5.73 Å². The van der Waals surface area contributed by atoms with E-state index in [0.29, 0.717) is 6.54 Å². The summed E-state index contributed by atoms with van der Waals surface area (Å²) in [5.74, 6) is 0.117. The molecule has 2 aromatic rings. The van der Waals surface area contributed by atoms with E-state index in [1.54, 1.807) is 6.20 Å². The molecule has 0 aliphatic carbocycles. The normalized spacial score (nSPS) is 18.9. The first-order chi connectivity index (χ1) is 10.3. The molecule has 1 aliphatic rings. The zero-order valence-corrected chi connectivity index (χ0v) is 12.2. The summed E-state index contributed by atoms with van der Waals surface area (Å²) in [6.45, 7) is 1.46. The molecule has 0 radical (unpaired) electrons. The second-order valence-electron chi connectivity index (χ2n) is 5.60. The van der Waals surface area contributed by atoms with Gasteiger partial charge in [-0.15, -0.1) is 0 Å². The molecule has 21 heavy (non-hydrogen) atoms. The number of carbonyl (C=O) groups is 1. The zero-order chi connectivity index (χ0) is 14.7. The molecule has 1 fully saturated rings. The van der Waals surface area contributed by atoms with Gasteiger partial charge in [0.1, 0.15) is 0 Å². The van der Waals surface area contributed by atoms with E-state index < -0.39 is 0 Å². The summed E-state index contributed by atoms with van der Waals surface area (Å²) < 4.78 is 0. The molecule has 0 spiro atoms. The molecular weight excluding hydrogens is 262 g/mol. The van der Waals surface area contributed by atoms with Gasteiger partial charge in [-0.2, -0.15) is 0 Å². The number of piperidine rings is 1. The van der Waals surface area contributed by atoms with Crippen LogP contribution in [0.5, 0.6) is 0 Å². The van der Waals surface area contributed by atoms with Crippen molar-refractivity contribution in [2.24, 2.45) is 5.73 Å². The van der Waals surface area contributed by atoms with Gasteiger partial charge in [-0.05, 0) is 50.4 Å². The average Bonchev–Trinajstić information content (AvgIpc) is 2.54. The Balaban J connectivity index is 1.95. The molecule has 1 aromatic heterocycles. The van der Waals surface area contributed by atoms with Gasteiger partial charge in [0.25, 0.3) is 5.91 Å². The second-order valence-corrected chi connectivity index (χ2v) is 5.60. The van der Waals surface area contributed by atoms with Gasteiger partial charge in [-0.1, -0.05) is 12.1 Å². The molecule has 110 valence electrons. The molecule has 1 atom stereocenters. The van der Waals surface area contributed by atoms with Crippen LogP contribution >= 0.6 is 0 Å². The van der Waals surface area contributed by atoms with Crippen molar-refractivity contribution in [3.8, 4) is 0 Å². The fourth-order valence-electron chi connectivity index (χ4n) is 3.21. The Morgan fingerprint density at radius 1 is 1.29 bits per heavy atom. The van der Waals surface area contributed by atoms with E-state index in [0.717, 1.165) is 42.3 Å². The van der Waals surface area contributed by atoms with Crippen LogP contribution in [-0.2, 0) is 0 Å². The highest BCUT2D eigenvalue weighted by Gasteiger charge is 2.27. The molecule has 1 saturated heterocycles. The lowest BCUT2D eigenvalue weighted by Gasteiger charge is -2.36. The third-order valence-electron chi connectivity index (χ3n) is 4.26. The summed E-state index contributed by atoms with van der Waals surface area (Å²) in [6, 6.07) is 9.89. The molecule has 4 heteroatoms. The summed E-state index contributed by atoms with van der Waals surface area (Å²) in [6.07, 6.45) is 5.97. The van der Waals surface area contributed by atoms with Crippen LogP contribution in [0.2, 0.25) is 0 Å². The second kappa shape index (κ2) is 6.22. The van der Waals surface area contributed by atoms with E-state index in [1.165, 1.54) is 6.42 Å². The number of likely N-dealkylation sites (tertiary alicyclic amines) is 1. The molecule has 3 rings (SSSR count). The fourth-order valence-corrected chi connectivity index (χ4v) is 3.21. The van der Waals surface area contributed by atoms with Crippen molar-refractivity contribution in [2.45, 2.75) is 31.7 Å². The van der Waals surface area contributed by atoms with Gasteiger partial charge in [-0.3, -0.25) is 9.78 Å². The molecule has 0 saturated carbocycles. The molecule has 2 heterocycles. The number of aromatic nitrogens is 1. The van der Waals surface area contributed by atoms with Crippen molar-refractivity contribution in [3.05, 3.63) is 42.1 Å². The van der Waals surface area contributed by atoms with Gasteiger partial charge >= 0.3 is 0 Å². The van der Waals surface area contributed by atoms with Crippen molar-refractivity contribution >= 4 is 16.8 Å². The monoisotopic (exact) mass is 283 g/mol. The summed E-state index contributed by atoms with van der Waals surface area (Å²) in [4.78, 5) is 19.3. The van der Waals surface area contributed by atoms with E-state index >= 15 is 0 Å². The SMILES string of the molecule is NCCC1CCCCN1C(=O)c1cccc2ncccc12. The molecule has 1 amide bonds. The van der Waals surface area contributed by atoms with Crippen LogP contribution in [0.25, 0.3) is 10.9 Å². The molecule has 1 aromatic carbocycles. The van der Waals surface area contributed by atoms with Gasteiger partial charge in [-0.25, -0.2) is 0 Å². The number of carbonyl (C=O) groups excluding carboxylic acids is 1.